The Bertz CT molecular complexity index is 104. The third-order valence-electron chi connectivity index (χ3n) is 1.07. The topological polar surface area (TPSA) is 35.2 Å². The Balaban J connectivity index is 3.28. The molecule has 0 aliphatic heterocycles. The molecule has 1 unspecified atom stereocenters. The van der Waals surface area contributed by atoms with Crippen molar-refractivity contribution in [2.45, 2.75) is 13.1 Å². The van der Waals surface area contributed by atoms with Gasteiger partial charge in [0.25, 0.3) is 0 Å². The van der Waals surface area contributed by atoms with Crippen LogP contribution in [0.1, 0.15) is 6.92 Å². The van der Waals surface area contributed by atoms with E-state index in [-0.39, 0.29) is 12.5 Å². The van der Waals surface area contributed by atoms with E-state index >= 15 is 0 Å². The fourth-order valence-electron chi connectivity index (χ4n) is 0.444. The largest absolute Gasteiger partial charge is 0.411 e. The van der Waals surface area contributed by atoms with Crippen molar-refractivity contribution in [3.05, 3.63) is 0 Å². The first-order valence-electron chi connectivity index (χ1n) is 3.30. The maximum Gasteiger partial charge on any atom is 0.411 e. The average Bonchev–Trinajstić information content (AvgIpc) is 1.85. The maximum absolute atomic E-state index is 11.5. The van der Waals surface area contributed by atoms with E-state index < -0.39 is 12.8 Å². The molecule has 2 N–H and O–H groups in total. The molecule has 0 aromatic heterocycles. The van der Waals surface area contributed by atoms with Gasteiger partial charge in [0.1, 0.15) is 6.61 Å². The zero-order valence-corrected chi connectivity index (χ0v) is 6.32. The van der Waals surface area contributed by atoms with Crippen LogP contribution >= 0.6 is 0 Å². The Morgan fingerprint density at radius 3 is 2.36 bits per heavy atom. The van der Waals surface area contributed by atoms with Gasteiger partial charge in [0.2, 0.25) is 0 Å². The molecule has 68 valence electrons. The van der Waals surface area contributed by atoms with E-state index in [0.717, 1.165) is 0 Å². The van der Waals surface area contributed by atoms with Gasteiger partial charge in [0.15, 0.2) is 0 Å². The number of alkyl halides is 3. The number of rotatable bonds is 4. The fraction of sp³-hybridized carbons (Fsp3) is 1.00. The second-order valence-corrected chi connectivity index (χ2v) is 2.47. The summed E-state index contributed by atoms with van der Waals surface area (Å²) in [6, 6.07) is 0. The fourth-order valence-corrected chi connectivity index (χ4v) is 0.444. The zero-order chi connectivity index (χ0) is 8.91. The number of nitrogens with two attached hydrogens (primary N) is 1. The number of ether oxygens (including phenoxy) is 1. The van der Waals surface area contributed by atoms with Gasteiger partial charge in [-0.25, -0.2) is 0 Å². The molecule has 0 aromatic carbocycles. The van der Waals surface area contributed by atoms with Gasteiger partial charge in [0.05, 0.1) is 6.61 Å². The first-order valence-corrected chi connectivity index (χ1v) is 3.30. The van der Waals surface area contributed by atoms with Crippen molar-refractivity contribution >= 4 is 0 Å². The summed E-state index contributed by atoms with van der Waals surface area (Å²) in [6.45, 7) is 0.960. The molecule has 0 rings (SSSR count). The van der Waals surface area contributed by atoms with Gasteiger partial charge in [-0.2, -0.15) is 13.2 Å². The molecule has 0 saturated carbocycles. The van der Waals surface area contributed by atoms with Gasteiger partial charge in [-0.15, -0.1) is 0 Å². The van der Waals surface area contributed by atoms with Crippen LogP contribution in [0.3, 0.4) is 0 Å². The molecular formula is C6H12F3NO. The van der Waals surface area contributed by atoms with Crippen molar-refractivity contribution in [1.29, 1.82) is 0 Å². The van der Waals surface area contributed by atoms with Crippen LogP contribution in [0.15, 0.2) is 0 Å². The summed E-state index contributed by atoms with van der Waals surface area (Å²) in [5.41, 5.74) is 5.16. The molecule has 0 amide bonds. The molecule has 11 heavy (non-hydrogen) atoms. The Kier molecular flexibility index (Phi) is 4.44. The van der Waals surface area contributed by atoms with E-state index in [9.17, 15) is 13.2 Å². The van der Waals surface area contributed by atoms with Crippen molar-refractivity contribution < 1.29 is 17.9 Å². The van der Waals surface area contributed by atoms with Crippen molar-refractivity contribution in [3.8, 4) is 0 Å². The molecule has 0 aromatic rings. The van der Waals surface area contributed by atoms with Crippen LogP contribution in [0.4, 0.5) is 13.2 Å². The minimum Gasteiger partial charge on any atom is -0.372 e. The third-order valence-corrected chi connectivity index (χ3v) is 1.07. The van der Waals surface area contributed by atoms with Crippen molar-refractivity contribution in [2.24, 2.45) is 11.7 Å². The van der Waals surface area contributed by atoms with Crippen molar-refractivity contribution in [2.75, 3.05) is 19.8 Å². The van der Waals surface area contributed by atoms with Crippen molar-refractivity contribution in [1.82, 2.24) is 0 Å². The standard InChI is InChI=1S/C6H12F3NO/c1-5(2-10)3-11-4-6(7,8)9/h5H,2-4,10H2,1H3. The van der Waals surface area contributed by atoms with E-state index in [4.69, 9.17) is 5.73 Å². The van der Waals surface area contributed by atoms with Gasteiger partial charge >= 0.3 is 6.18 Å². The summed E-state index contributed by atoms with van der Waals surface area (Å²) in [6.07, 6.45) is -4.23. The zero-order valence-electron chi connectivity index (χ0n) is 6.32. The molecule has 0 saturated heterocycles. The highest BCUT2D eigenvalue weighted by Gasteiger charge is 2.27. The second-order valence-electron chi connectivity index (χ2n) is 2.47. The molecule has 0 radical (unpaired) electrons. The number of halogens is 3. The van der Waals surface area contributed by atoms with Crippen LogP contribution in [-0.2, 0) is 4.74 Å². The van der Waals surface area contributed by atoms with E-state index in [1.54, 1.807) is 6.92 Å². The van der Waals surface area contributed by atoms with Crippen LogP contribution in [0.5, 0.6) is 0 Å². The quantitative estimate of drug-likeness (QED) is 0.688. The monoisotopic (exact) mass is 171 g/mol. The number of hydrogen-bond acceptors (Lipinski definition) is 2. The molecule has 0 aliphatic rings. The lowest BCUT2D eigenvalue weighted by Gasteiger charge is -2.10. The normalized spacial score (nSPS) is 15.0. The van der Waals surface area contributed by atoms with Gasteiger partial charge in [0, 0.05) is 0 Å². The van der Waals surface area contributed by atoms with Crippen LogP contribution in [0, 0.1) is 5.92 Å². The summed E-state index contributed by atoms with van der Waals surface area (Å²) in [4.78, 5) is 0. The Labute approximate surface area is 63.5 Å². The third kappa shape index (κ3) is 7.61. The lowest BCUT2D eigenvalue weighted by Crippen LogP contribution is -2.22. The second kappa shape index (κ2) is 4.56. The molecule has 5 heteroatoms. The highest BCUT2D eigenvalue weighted by molar-refractivity contribution is 4.52. The van der Waals surface area contributed by atoms with Crippen molar-refractivity contribution in [3.63, 3.8) is 0 Å². The number of hydrogen-bond donors (Lipinski definition) is 1. The minimum atomic E-state index is -4.23. The highest BCUT2D eigenvalue weighted by Crippen LogP contribution is 2.14. The molecule has 0 fully saturated rings. The van der Waals surface area contributed by atoms with Crippen LogP contribution in [0.2, 0.25) is 0 Å². The van der Waals surface area contributed by atoms with Gasteiger partial charge in [-0.1, -0.05) is 6.92 Å². The molecule has 2 nitrogen and oxygen atoms in total. The minimum absolute atomic E-state index is 0.0163. The molecule has 0 aliphatic carbocycles. The van der Waals surface area contributed by atoms with Gasteiger partial charge in [-0.3, -0.25) is 0 Å². The molecule has 0 spiro atoms. The van der Waals surface area contributed by atoms with E-state index in [1.807, 2.05) is 0 Å². The predicted octanol–water partition coefficient (Wildman–Crippen LogP) is 1.16. The maximum atomic E-state index is 11.5. The summed E-state index contributed by atoms with van der Waals surface area (Å²) >= 11 is 0. The van der Waals surface area contributed by atoms with Crippen LogP contribution in [-0.4, -0.2) is 25.9 Å². The van der Waals surface area contributed by atoms with Crippen LogP contribution < -0.4 is 5.73 Å². The van der Waals surface area contributed by atoms with Gasteiger partial charge in [-0.05, 0) is 12.5 Å². The molecule has 0 bridgehead atoms. The molecule has 1 atom stereocenters. The predicted molar refractivity (Wildman–Crippen MR) is 35.1 cm³/mol. The molecular weight excluding hydrogens is 159 g/mol. The Morgan fingerprint density at radius 1 is 1.45 bits per heavy atom. The van der Waals surface area contributed by atoms with Crippen LogP contribution in [0.25, 0.3) is 0 Å². The smallest absolute Gasteiger partial charge is 0.372 e. The van der Waals surface area contributed by atoms with E-state index in [0.29, 0.717) is 6.54 Å². The summed E-state index contributed by atoms with van der Waals surface area (Å²) in [5, 5.41) is 0. The summed E-state index contributed by atoms with van der Waals surface area (Å²) < 4.78 is 38.7. The van der Waals surface area contributed by atoms with E-state index in [1.165, 1.54) is 0 Å². The highest BCUT2D eigenvalue weighted by atomic mass is 19.4. The summed E-state index contributed by atoms with van der Waals surface area (Å²) in [7, 11) is 0. The summed E-state index contributed by atoms with van der Waals surface area (Å²) in [5.74, 6) is -0.0163. The first kappa shape index (κ1) is 10.7. The average molecular weight is 171 g/mol. The molecule has 0 heterocycles. The Hall–Kier alpha value is -0.290. The van der Waals surface area contributed by atoms with E-state index in [2.05, 4.69) is 4.74 Å². The first-order chi connectivity index (χ1) is 4.95. The SMILES string of the molecule is CC(CN)COCC(F)(F)F. The Morgan fingerprint density at radius 2 is 2.00 bits per heavy atom. The van der Waals surface area contributed by atoms with Gasteiger partial charge < -0.3 is 10.5 Å². The lowest BCUT2D eigenvalue weighted by atomic mass is 10.2. The lowest BCUT2D eigenvalue weighted by molar-refractivity contribution is -0.176.